The molecule has 0 saturated heterocycles. The summed E-state index contributed by atoms with van der Waals surface area (Å²) in [5.74, 6) is -1.17. The fraction of sp³-hybridized carbons (Fsp3) is 0.0526. The molecule has 2 heterocycles. The van der Waals surface area contributed by atoms with Crippen LogP contribution in [0.25, 0.3) is 10.2 Å². The van der Waals surface area contributed by atoms with Gasteiger partial charge in [-0.2, -0.15) is 0 Å². The van der Waals surface area contributed by atoms with E-state index in [4.69, 9.17) is 0 Å². The molecule has 3 aromatic rings. The summed E-state index contributed by atoms with van der Waals surface area (Å²) >= 11 is 1.37. The summed E-state index contributed by atoms with van der Waals surface area (Å²) in [7, 11) is 0. The third-order valence-corrected chi connectivity index (χ3v) is 5.01. The lowest BCUT2D eigenvalue weighted by Crippen LogP contribution is -2.29. The van der Waals surface area contributed by atoms with Gasteiger partial charge in [-0.3, -0.25) is 24.6 Å². The Morgan fingerprint density at radius 2 is 1.92 bits per heavy atom. The van der Waals surface area contributed by atoms with Crippen molar-refractivity contribution in [3.63, 3.8) is 0 Å². The largest absolute Gasteiger partial charge is 0.298 e. The molecule has 0 unspecified atom stereocenters. The number of hydrogen-bond acceptors (Lipinski definition) is 5. The number of imide groups is 1. The van der Waals surface area contributed by atoms with Gasteiger partial charge in [0.1, 0.15) is 0 Å². The normalized spacial score (nSPS) is 13.2. The minimum Gasteiger partial charge on any atom is -0.298 e. The Kier molecular flexibility index (Phi) is 3.85. The summed E-state index contributed by atoms with van der Waals surface area (Å²) in [4.78, 5) is 42.6. The number of rotatable bonds is 4. The highest BCUT2D eigenvalue weighted by molar-refractivity contribution is 7.22. The second-order valence-electron chi connectivity index (χ2n) is 5.71. The topological polar surface area (TPSA) is 79.4 Å². The lowest BCUT2D eigenvalue weighted by atomic mass is 10.1. The van der Waals surface area contributed by atoms with Gasteiger partial charge in [-0.05, 0) is 30.3 Å². The zero-order chi connectivity index (χ0) is 18.3. The summed E-state index contributed by atoms with van der Waals surface area (Å²) in [5.41, 5.74) is 1.63. The monoisotopic (exact) mass is 363 g/mol. The second-order valence-corrected chi connectivity index (χ2v) is 6.74. The van der Waals surface area contributed by atoms with Crippen LogP contribution < -0.4 is 5.32 Å². The summed E-state index contributed by atoms with van der Waals surface area (Å²) in [6.07, 6.45) is 1.49. The SMILES string of the molecule is C=CCN1C(=O)c2ccc(C(=O)Nc3nc4ccccc4s3)cc2C1=O. The second kappa shape index (κ2) is 6.20. The molecule has 26 heavy (non-hydrogen) atoms. The molecule has 7 heteroatoms. The summed E-state index contributed by atoms with van der Waals surface area (Å²) in [5, 5.41) is 3.22. The zero-order valence-electron chi connectivity index (χ0n) is 13.6. The van der Waals surface area contributed by atoms with Crippen LogP contribution in [-0.2, 0) is 0 Å². The molecule has 128 valence electrons. The van der Waals surface area contributed by atoms with Crippen LogP contribution in [0.2, 0.25) is 0 Å². The first-order valence-electron chi connectivity index (χ1n) is 7.86. The molecule has 0 aliphatic carbocycles. The average Bonchev–Trinajstić information content (AvgIpc) is 3.15. The van der Waals surface area contributed by atoms with Crippen molar-refractivity contribution in [1.29, 1.82) is 0 Å². The molecule has 0 fully saturated rings. The highest BCUT2D eigenvalue weighted by atomic mass is 32.1. The molecule has 0 atom stereocenters. The molecule has 1 aromatic heterocycles. The molecule has 0 bridgehead atoms. The Labute approximate surface area is 152 Å². The van der Waals surface area contributed by atoms with Crippen LogP contribution in [0.3, 0.4) is 0 Å². The van der Waals surface area contributed by atoms with E-state index < -0.39 is 5.91 Å². The van der Waals surface area contributed by atoms with Gasteiger partial charge in [0.15, 0.2) is 5.13 Å². The molecule has 6 nitrogen and oxygen atoms in total. The third-order valence-electron chi connectivity index (χ3n) is 4.06. The summed E-state index contributed by atoms with van der Waals surface area (Å²) in [6, 6.07) is 12.1. The minimum atomic E-state index is -0.417. The van der Waals surface area contributed by atoms with Gasteiger partial charge in [0, 0.05) is 12.1 Å². The molecule has 4 rings (SSSR count). The van der Waals surface area contributed by atoms with Crippen molar-refractivity contribution in [2.75, 3.05) is 11.9 Å². The Morgan fingerprint density at radius 1 is 1.15 bits per heavy atom. The van der Waals surface area contributed by atoms with Crippen molar-refractivity contribution in [2.45, 2.75) is 0 Å². The molecular weight excluding hydrogens is 350 g/mol. The minimum absolute atomic E-state index is 0.138. The fourth-order valence-corrected chi connectivity index (χ4v) is 3.68. The van der Waals surface area contributed by atoms with Gasteiger partial charge in [0.05, 0.1) is 21.3 Å². The number of carbonyl (C=O) groups is 3. The van der Waals surface area contributed by atoms with Gasteiger partial charge >= 0.3 is 0 Å². The fourth-order valence-electron chi connectivity index (χ4n) is 2.82. The molecule has 0 saturated carbocycles. The number of hydrogen-bond donors (Lipinski definition) is 1. The molecule has 0 spiro atoms. The van der Waals surface area contributed by atoms with Gasteiger partial charge in [-0.15, -0.1) is 6.58 Å². The Morgan fingerprint density at radius 3 is 2.69 bits per heavy atom. The first-order chi connectivity index (χ1) is 12.6. The first kappa shape index (κ1) is 16.2. The standard InChI is InChI=1S/C19H13N3O3S/c1-2-9-22-17(24)12-8-7-11(10-13(12)18(22)25)16(23)21-19-20-14-5-3-4-6-15(14)26-19/h2-8,10H,1,9H2,(H,20,21,23). The van der Waals surface area contributed by atoms with E-state index in [2.05, 4.69) is 16.9 Å². The van der Waals surface area contributed by atoms with E-state index in [-0.39, 0.29) is 23.9 Å². The van der Waals surface area contributed by atoms with Crippen LogP contribution in [0, 0.1) is 0 Å². The Balaban J connectivity index is 1.61. The van der Waals surface area contributed by atoms with Crippen LogP contribution in [0.15, 0.2) is 55.1 Å². The van der Waals surface area contributed by atoms with Crippen molar-refractivity contribution in [1.82, 2.24) is 9.88 Å². The van der Waals surface area contributed by atoms with Gasteiger partial charge < -0.3 is 0 Å². The van der Waals surface area contributed by atoms with Crippen molar-refractivity contribution >= 4 is 44.4 Å². The lowest BCUT2D eigenvalue weighted by molar-refractivity contribution is 0.0672. The van der Waals surface area contributed by atoms with E-state index in [9.17, 15) is 14.4 Å². The van der Waals surface area contributed by atoms with E-state index in [0.29, 0.717) is 16.3 Å². The predicted octanol–water partition coefficient (Wildman–Crippen LogP) is 3.33. The molecule has 2 aromatic carbocycles. The van der Waals surface area contributed by atoms with Crippen LogP contribution >= 0.6 is 11.3 Å². The van der Waals surface area contributed by atoms with E-state index in [1.165, 1.54) is 35.6 Å². The van der Waals surface area contributed by atoms with E-state index in [1.807, 2.05) is 24.3 Å². The molecule has 0 radical (unpaired) electrons. The number of aromatic nitrogens is 1. The number of anilines is 1. The molecule has 1 N–H and O–H groups in total. The summed E-state index contributed by atoms with van der Waals surface area (Å²) in [6.45, 7) is 3.69. The lowest BCUT2D eigenvalue weighted by Gasteiger charge is -2.09. The maximum Gasteiger partial charge on any atom is 0.261 e. The summed E-state index contributed by atoms with van der Waals surface area (Å²) < 4.78 is 0.970. The van der Waals surface area contributed by atoms with Crippen molar-refractivity contribution in [2.24, 2.45) is 0 Å². The average molecular weight is 363 g/mol. The number of fused-ring (bicyclic) bond motifs is 2. The van der Waals surface area contributed by atoms with Gasteiger partial charge in [0.25, 0.3) is 17.7 Å². The van der Waals surface area contributed by atoms with Crippen LogP contribution in [-0.4, -0.2) is 34.2 Å². The van der Waals surface area contributed by atoms with Crippen molar-refractivity contribution < 1.29 is 14.4 Å². The number of amides is 3. The number of nitrogens with zero attached hydrogens (tertiary/aromatic N) is 2. The number of benzene rings is 2. The van der Waals surface area contributed by atoms with Crippen molar-refractivity contribution in [3.8, 4) is 0 Å². The zero-order valence-corrected chi connectivity index (χ0v) is 14.4. The maximum atomic E-state index is 12.5. The Bertz CT molecular complexity index is 1050. The predicted molar refractivity (Wildman–Crippen MR) is 99.6 cm³/mol. The van der Waals surface area contributed by atoms with Crippen LogP contribution in [0.5, 0.6) is 0 Å². The van der Waals surface area contributed by atoms with Crippen LogP contribution in [0.4, 0.5) is 5.13 Å². The molecule has 3 amide bonds. The van der Waals surface area contributed by atoms with Gasteiger partial charge in [0.2, 0.25) is 0 Å². The molecular formula is C19H13N3O3S. The highest BCUT2D eigenvalue weighted by Gasteiger charge is 2.35. The van der Waals surface area contributed by atoms with Crippen molar-refractivity contribution in [3.05, 3.63) is 71.8 Å². The smallest absolute Gasteiger partial charge is 0.261 e. The Hall–Kier alpha value is -3.32. The number of thiazole rings is 1. The quantitative estimate of drug-likeness (QED) is 0.570. The van der Waals surface area contributed by atoms with E-state index in [0.717, 1.165) is 15.1 Å². The third kappa shape index (κ3) is 2.58. The molecule has 1 aliphatic heterocycles. The number of carbonyl (C=O) groups excluding carboxylic acids is 3. The number of para-hydroxylation sites is 1. The van der Waals surface area contributed by atoms with Gasteiger partial charge in [-0.25, -0.2) is 4.98 Å². The van der Waals surface area contributed by atoms with E-state index >= 15 is 0 Å². The first-order valence-corrected chi connectivity index (χ1v) is 8.68. The maximum absolute atomic E-state index is 12.5. The molecule has 1 aliphatic rings. The van der Waals surface area contributed by atoms with Crippen LogP contribution in [0.1, 0.15) is 31.1 Å². The highest BCUT2D eigenvalue weighted by Crippen LogP contribution is 2.27. The number of nitrogens with one attached hydrogen (secondary N) is 1. The van der Waals surface area contributed by atoms with E-state index in [1.54, 1.807) is 0 Å². The van der Waals surface area contributed by atoms with Gasteiger partial charge in [-0.1, -0.05) is 29.5 Å².